The number of nitrogen functional groups attached to an aromatic ring is 1. The van der Waals surface area contributed by atoms with Crippen LogP contribution in [-0.4, -0.2) is 35.2 Å². The number of nitrogens with zero attached hydrogens (tertiary/aromatic N) is 2. The minimum Gasteiger partial charge on any atom is -0.391 e. The van der Waals surface area contributed by atoms with Crippen molar-refractivity contribution in [1.82, 2.24) is 4.98 Å². The maximum atomic E-state index is 11.5. The Morgan fingerprint density at radius 3 is 2.79 bits per heavy atom. The number of rotatable bonds is 3. The lowest BCUT2D eigenvalue weighted by molar-refractivity contribution is 0.0992. The van der Waals surface area contributed by atoms with E-state index in [1.165, 1.54) is 12.3 Å². The molecule has 1 aliphatic carbocycles. The second-order valence-corrected chi connectivity index (χ2v) is 5.02. The van der Waals surface area contributed by atoms with Gasteiger partial charge in [-0.2, -0.15) is 0 Å². The van der Waals surface area contributed by atoms with Gasteiger partial charge in [0, 0.05) is 7.05 Å². The maximum absolute atomic E-state index is 11.5. The van der Waals surface area contributed by atoms with Gasteiger partial charge in [-0.3, -0.25) is 4.79 Å². The van der Waals surface area contributed by atoms with Crippen LogP contribution in [0.4, 0.5) is 11.5 Å². The first kappa shape index (κ1) is 13.6. The van der Waals surface area contributed by atoms with Gasteiger partial charge >= 0.3 is 0 Å². The molecule has 1 aromatic rings. The summed E-state index contributed by atoms with van der Waals surface area (Å²) in [5.41, 5.74) is 11.9. The molecule has 0 spiro atoms. The van der Waals surface area contributed by atoms with Gasteiger partial charge in [0.15, 0.2) is 0 Å². The molecule has 0 saturated heterocycles. The monoisotopic (exact) mass is 264 g/mol. The molecule has 2 unspecified atom stereocenters. The quantitative estimate of drug-likeness (QED) is 0.737. The van der Waals surface area contributed by atoms with E-state index >= 15 is 0 Å². The van der Waals surface area contributed by atoms with E-state index in [0.29, 0.717) is 11.3 Å². The highest BCUT2D eigenvalue weighted by molar-refractivity contribution is 5.99. The molecule has 6 heteroatoms. The molecule has 2 atom stereocenters. The van der Waals surface area contributed by atoms with E-state index in [2.05, 4.69) is 4.98 Å². The number of amides is 1. The molecule has 1 amide bonds. The Kier molecular flexibility index (Phi) is 3.90. The fourth-order valence-electron chi connectivity index (χ4n) is 2.66. The summed E-state index contributed by atoms with van der Waals surface area (Å²) in [4.78, 5) is 17.4. The van der Waals surface area contributed by atoms with Gasteiger partial charge in [-0.25, -0.2) is 4.98 Å². The molecule has 5 N–H and O–H groups in total. The second kappa shape index (κ2) is 5.44. The number of likely N-dealkylation sites (N-methyl/N-ethyl adjacent to an activating group) is 1. The summed E-state index contributed by atoms with van der Waals surface area (Å²) < 4.78 is 0. The topological polar surface area (TPSA) is 105 Å². The van der Waals surface area contributed by atoms with Crippen LogP contribution < -0.4 is 16.4 Å². The Bertz CT molecular complexity index is 478. The predicted octanol–water partition coefficient (Wildman–Crippen LogP) is 0.502. The van der Waals surface area contributed by atoms with E-state index in [-0.39, 0.29) is 11.9 Å². The summed E-state index contributed by atoms with van der Waals surface area (Å²) >= 11 is 0. The van der Waals surface area contributed by atoms with Gasteiger partial charge in [-0.05, 0) is 18.9 Å². The average Bonchev–Trinajstić information content (AvgIpc) is 2.38. The van der Waals surface area contributed by atoms with Crippen LogP contribution >= 0.6 is 0 Å². The first-order valence-electron chi connectivity index (χ1n) is 6.47. The van der Waals surface area contributed by atoms with Crippen LogP contribution in [0.3, 0.4) is 0 Å². The highest BCUT2D eigenvalue weighted by atomic mass is 16.3. The molecule has 0 bridgehead atoms. The number of aliphatic hydroxyl groups is 1. The summed E-state index contributed by atoms with van der Waals surface area (Å²) in [5, 5.41) is 10.1. The first-order valence-corrected chi connectivity index (χ1v) is 6.47. The summed E-state index contributed by atoms with van der Waals surface area (Å²) in [6.45, 7) is 0. The van der Waals surface area contributed by atoms with Crippen molar-refractivity contribution in [2.24, 2.45) is 5.73 Å². The largest absolute Gasteiger partial charge is 0.391 e. The van der Waals surface area contributed by atoms with Crippen molar-refractivity contribution >= 4 is 17.4 Å². The molecule has 1 aromatic heterocycles. The Labute approximate surface area is 112 Å². The number of aromatic nitrogens is 1. The molecule has 0 aromatic carbocycles. The van der Waals surface area contributed by atoms with Gasteiger partial charge in [-0.15, -0.1) is 0 Å². The third kappa shape index (κ3) is 2.78. The summed E-state index contributed by atoms with van der Waals surface area (Å²) in [5.74, 6) is -0.281. The predicted molar refractivity (Wildman–Crippen MR) is 73.8 cm³/mol. The van der Waals surface area contributed by atoms with Crippen molar-refractivity contribution in [3.63, 3.8) is 0 Å². The van der Waals surface area contributed by atoms with Gasteiger partial charge in [0.2, 0.25) is 0 Å². The van der Waals surface area contributed by atoms with E-state index in [1.54, 1.807) is 0 Å². The number of aliphatic hydroxyl groups excluding tert-OH is 1. The van der Waals surface area contributed by atoms with E-state index in [9.17, 15) is 9.90 Å². The Hall–Kier alpha value is -1.82. The Balaban J connectivity index is 2.32. The van der Waals surface area contributed by atoms with Crippen LogP contribution in [0.25, 0.3) is 0 Å². The second-order valence-electron chi connectivity index (χ2n) is 5.02. The summed E-state index contributed by atoms with van der Waals surface area (Å²) in [6.07, 6.45) is 4.92. The molecule has 1 fully saturated rings. The molecule has 0 radical (unpaired) electrons. The minimum absolute atomic E-state index is 0.0164. The lowest BCUT2D eigenvalue weighted by Gasteiger charge is -2.37. The third-order valence-corrected chi connectivity index (χ3v) is 3.74. The van der Waals surface area contributed by atoms with Gasteiger partial charge in [0.1, 0.15) is 5.82 Å². The lowest BCUT2D eigenvalue weighted by Crippen LogP contribution is -2.44. The number of carbonyl (C=O) groups is 1. The van der Waals surface area contributed by atoms with Crippen molar-refractivity contribution in [3.05, 3.63) is 17.8 Å². The van der Waals surface area contributed by atoms with Crippen molar-refractivity contribution in [1.29, 1.82) is 0 Å². The summed E-state index contributed by atoms with van der Waals surface area (Å²) in [6, 6.07) is 1.46. The van der Waals surface area contributed by atoms with Crippen LogP contribution in [0.1, 0.15) is 36.0 Å². The highest BCUT2D eigenvalue weighted by Crippen LogP contribution is 2.28. The number of anilines is 2. The fraction of sp³-hybridized carbons (Fsp3) is 0.538. The number of hydrogen-bond acceptors (Lipinski definition) is 5. The zero-order chi connectivity index (χ0) is 14.0. The van der Waals surface area contributed by atoms with Gasteiger partial charge in [0.25, 0.3) is 5.91 Å². The number of hydrogen-bond donors (Lipinski definition) is 3. The van der Waals surface area contributed by atoms with E-state index in [0.717, 1.165) is 25.7 Å². The lowest BCUT2D eigenvalue weighted by atomic mass is 9.91. The van der Waals surface area contributed by atoms with Gasteiger partial charge in [-0.1, -0.05) is 12.8 Å². The molecule has 6 nitrogen and oxygen atoms in total. The molecular weight excluding hydrogens is 244 g/mol. The highest BCUT2D eigenvalue weighted by Gasteiger charge is 2.28. The molecule has 104 valence electrons. The maximum Gasteiger partial charge on any atom is 0.251 e. The Morgan fingerprint density at radius 1 is 1.47 bits per heavy atom. The van der Waals surface area contributed by atoms with Crippen molar-refractivity contribution < 1.29 is 9.90 Å². The molecule has 1 saturated carbocycles. The third-order valence-electron chi connectivity index (χ3n) is 3.74. The van der Waals surface area contributed by atoms with E-state index < -0.39 is 12.0 Å². The normalized spacial score (nSPS) is 23.1. The molecule has 0 aliphatic heterocycles. The van der Waals surface area contributed by atoms with Gasteiger partial charge < -0.3 is 21.5 Å². The smallest absolute Gasteiger partial charge is 0.251 e. The minimum atomic E-state index is -0.541. The number of carbonyl (C=O) groups excluding carboxylic acids is 1. The zero-order valence-corrected chi connectivity index (χ0v) is 11.0. The van der Waals surface area contributed by atoms with Crippen LogP contribution in [-0.2, 0) is 0 Å². The van der Waals surface area contributed by atoms with Crippen LogP contribution in [0.15, 0.2) is 12.3 Å². The number of pyridine rings is 1. The molecule has 19 heavy (non-hydrogen) atoms. The van der Waals surface area contributed by atoms with Crippen LogP contribution in [0.2, 0.25) is 0 Å². The first-order chi connectivity index (χ1) is 9.00. The SMILES string of the molecule is CN(c1cnc(N)cc1C(N)=O)C1CCCCC1O. The van der Waals surface area contributed by atoms with E-state index in [1.807, 2.05) is 11.9 Å². The molecule has 2 rings (SSSR count). The Morgan fingerprint density at radius 2 is 2.16 bits per heavy atom. The summed E-state index contributed by atoms with van der Waals surface area (Å²) in [7, 11) is 1.85. The average molecular weight is 264 g/mol. The van der Waals surface area contributed by atoms with Gasteiger partial charge in [0.05, 0.1) is 29.6 Å². The number of primary amides is 1. The molecule has 1 heterocycles. The fourth-order valence-corrected chi connectivity index (χ4v) is 2.66. The zero-order valence-electron chi connectivity index (χ0n) is 11.0. The van der Waals surface area contributed by atoms with Crippen molar-refractivity contribution in [3.8, 4) is 0 Å². The van der Waals surface area contributed by atoms with E-state index in [4.69, 9.17) is 11.5 Å². The molecular formula is C13H20N4O2. The number of nitrogens with two attached hydrogens (primary N) is 2. The van der Waals surface area contributed by atoms with Crippen molar-refractivity contribution in [2.45, 2.75) is 37.8 Å². The standard InChI is InChI=1S/C13H20N4O2/c1-17(9-4-2-3-5-11(9)18)10-7-16-12(14)6-8(10)13(15)19/h6-7,9,11,18H,2-5H2,1H3,(H2,14,16)(H2,15,19). The van der Waals surface area contributed by atoms with Crippen molar-refractivity contribution in [2.75, 3.05) is 17.7 Å². The van der Waals surface area contributed by atoms with Crippen LogP contribution in [0.5, 0.6) is 0 Å². The van der Waals surface area contributed by atoms with Crippen LogP contribution in [0, 0.1) is 0 Å². The molecule has 1 aliphatic rings.